The highest BCUT2D eigenvalue weighted by atomic mass is 32.2. The van der Waals surface area contributed by atoms with Gasteiger partial charge in [-0.2, -0.15) is 0 Å². The number of amides is 1. The van der Waals surface area contributed by atoms with Crippen molar-refractivity contribution in [3.63, 3.8) is 0 Å². The average Bonchev–Trinajstić information content (AvgIpc) is 3.71. The summed E-state index contributed by atoms with van der Waals surface area (Å²) in [5, 5.41) is 20.3. The van der Waals surface area contributed by atoms with E-state index in [4.69, 9.17) is 9.47 Å². The molecule has 0 radical (unpaired) electrons. The van der Waals surface area contributed by atoms with Gasteiger partial charge >= 0.3 is 5.91 Å². The SMILES string of the molecule is CC(C)CCOc1cccc([C@@H]2/C(=C(\O)c3ccc4c(c3)C[C@H](C)O4)C(=O)C(=O)N2c2nnc(SCc3ccccc3F)s2)c1. The van der Waals surface area contributed by atoms with Crippen molar-refractivity contribution < 1.29 is 28.6 Å². The fourth-order valence-corrected chi connectivity index (χ4v) is 7.22. The van der Waals surface area contributed by atoms with Crippen LogP contribution in [0.2, 0.25) is 0 Å². The Morgan fingerprint density at radius 1 is 1.13 bits per heavy atom. The first kappa shape index (κ1) is 30.8. The Morgan fingerprint density at radius 2 is 1.96 bits per heavy atom. The quantitative estimate of drug-likeness (QED) is 0.0629. The number of fused-ring (bicyclic) bond motifs is 1. The summed E-state index contributed by atoms with van der Waals surface area (Å²) in [4.78, 5) is 28.7. The summed E-state index contributed by atoms with van der Waals surface area (Å²) in [6.45, 7) is 6.70. The smallest absolute Gasteiger partial charge is 0.301 e. The van der Waals surface area contributed by atoms with E-state index in [1.54, 1.807) is 54.6 Å². The molecular weight excluding hydrogens is 614 g/mol. The summed E-state index contributed by atoms with van der Waals surface area (Å²) < 4.78 is 26.5. The highest BCUT2D eigenvalue weighted by Crippen LogP contribution is 2.45. The topological polar surface area (TPSA) is 102 Å². The predicted molar refractivity (Wildman–Crippen MR) is 172 cm³/mol. The minimum Gasteiger partial charge on any atom is -0.507 e. The minimum absolute atomic E-state index is 0.00395. The molecule has 1 amide bonds. The second kappa shape index (κ2) is 13.0. The molecule has 2 atom stereocenters. The molecule has 3 heterocycles. The van der Waals surface area contributed by atoms with Crippen molar-refractivity contribution in [2.24, 2.45) is 5.92 Å². The molecule has 0 aliphatic carbocycles. The van der Waals surface area contributed by atoms with E-state index in [1.165, 1.54) is 22.7 Å². The van der Waals surface area contributed by atoms with Crippen LogP contribution in [0.1, 0.15) is 55.5 Å². The van der Waals surface area contributed by atoms with Gasteiger partial charge in [0.2, 0.25) is 5.13 Å². The van der Waals surface area contributed by atoms with E-state index >= 15 is 0 Å². The van der Waals surface area contributed by atoms with Gasteiger partial charge in [0.25, 0.3) is 5.78 Å². The zero-order valence-electron chi connectivity index (χ0n) is 25.0. The van der Waals surface area contributed by atoms with E-state index in [0.29, 0.717) is 51.5 Å². The number of carbonyl (C=O) groups is 2. The van der Waals surface area contributed by atoms with Gasteiger partial charge in [0.1, 0.15) is 29.2 Å². The molecule has 1 aromatic heterocycles. The number of ketones is 1. The minimum atomic E-state index is -0.987. The lowest BCUT2D eigenvalue weighted by molar-refractivity contribution is -0.132. The summed E-state index contributed by atoms with van der Waals surface area (Å²) in [6, 6.07) is 17.9. The lowest BCUT2D eigenvalue weighted by Gasteiger charge is -2.23. The van der Waals surface area contributed by atoms with Gasteiger partial charge in [0.15, 0.2) is 4.34 Å². The van der Waals surface area contributed by atoms with Crippen LogP contribution in [-0.2, 0) is 21.8 Å². The molecule has 0 saturated carbocycles. The van der Waals surface area contributed by atoms with Crippen LogP contribution < -0.4 is 14.4 Å². The Bertz CT molecular complexity index is 1790. The Labute approximate surface area is 268 Å². The average molecular weight is 646 g/mol. The van der Waals surface area contributed by atoms with E-state index in [0.717, 1.165) is 29.1 Å². The van der Waals surface area contributed by atoms with Crippen LogP contribution in [-0.4, -0.2) is 39.7 Å². The normalized spacial score (nSPS) is 18.8. The van der Waals surface area contributed by atoms with Crippen LogP contribution in [0.15, 0.2) is 76.6 Å². The number of Topliss-reactive ketones (excluding diaryl/α,β-unsaturated/α-hetero) is 1. The second-order valence-electron chi connectivity index (χ2n) is 11.5. The van der Waals surface area contributed by atoms with Gasteiger partial charge in [-0.1, -0.05) is 67.3 Å². The number of anilines is 1. The third-order valence-corrected chi connectivity index (χ3v) is 9.77. The Balaban J connectivity index is 1.38. The summed E-state index contributed by atoms with van der Waals surface area (Å²) in [7, 11) is 0. The van der Waals surface area contributed by atoms with Crippen LogP contribution in [0.4, 0.5) is 9.52 Å². The van der Waals surface area contributed by atoms with Crippen molar-refractivity contribution >= 4 is 45.7 Å². The van der Waals surface area contributed by atoms with Crippen LogP contribution in [0.5, 0.6) is 11.5 Å². The van der Waals surface area contributed by atoms with Gasteiger partial charge in [-0.3, -0.25) is 14.5 Å². The number of aliphatic hydroxyl groups is 1. The zero-order valence-corrected chi connectivity index (χ0v) is 26.7. The highest BCUT2D eigenvalue weighted by Gasteiger charge is 2.48. The van der Waals surface area contributed by atoms with Crippen molar-refractivity contribution in [2.75, 3.05) is 11.5 Å². The van der Waals surface area contributed by atoms with E-state index in [2.05, 4.69) is 24.0 Å². The molecule has 1 fully saturated rings. The van der Waals surface area contributed by atoms with Gasteiger partial charge < -0.3 is 14.6 Å². The molecule has 1 saturated heterocycles. The number of halogens is 1. The number of aliphatic hydroxyl groups excluding tert-OH is 1. The highest BCUT2D eigenvalue weighted by molar-refractivity contribution is 8.00. The van der Waals surface area contributed by atoms with Gasteiger partial charge in [-0.05, 0) is 72.4 Å². The first-order valence-electron chi connectivity index (χ1n) is 14.7. The maximum atomic E-state index is 14.2. The van der Waals surface area contributed by atoms with Crippen molar-refractivity contribution in [1.82, 2.24) is 10.2 Å². The van der Waals surface area contributed by atoms with E-state index in [-0.39, 0.29) is 28.4 Å². The van der Waals surface area contributed by atoms with Crippen molar-refractivity contribution in [3.05, 3.63) is 100 Å². The van der Waals surface area contributed by atoms with Crippen molar-refractivity contribution in [2.45, 2.75) is 55.9 Å². The van der Waals surface area contributed by atoms with Crippen LogP contribution >= 0.6 is 23.1 Å². The molecule has 232 valence electrons. The maximum absolute atomic E-state index is 14.2. The number of nitrogens with zero attached hydrogens (tertiary/aromatic N) is 3. The molecule has 8 nitrogen and oxygen atoms in total. The molecule has 2 aliphatic heterocycles. The maximum Gasteiger partial charge on any atom is 0.301 e. The van der Waals surface area contributed by atoms with Gasteiger partial charge in [-0.25, -0.2) is 4.39 Å². The van der Waals surface area contributed by atoms with Crippen molar-refractivity contribution in [1.29, 1.82) is 0 Å². The molecule has 45 heavy (non-hydrogen) atoms. The van der Waals surface area contributed by atoms with E-state index in [1.807, 2.05) is 13.0 Å². The number of hydrogen-bond acceptors (Lipinski definition) is 9. The number of thioether (sulfide) groups is 1. The van der Waals surface area contributed by atoms with Crippen LogP contribution in [0, 0.1) is 11.7 Å². The molecule has 1 N–H and O–H groups in total. The number of aromatic nitrogens is 2. The lowest BCUT2D eigenvalue weighted by Crippen LogP contribution is -2.29. The number of ether oxygens (including phenoxy) is 2. The molecule has 0 spiro atoms. The van der Waals surface area contributed by atoms with E-state index < -0.39 is 17.7 Å². The molecule has 3 aromatic carbocycles. The van der Waals surface area contributed by atoms with Gasteiger partial charge in [0, 0.05) is 17.7 Å². The molecule has 0 bridgehead atoms. The molecule has 6 rings (SSSR count). The fraction of sp³-hybridized carbons (Fsp3) is 0.294. The standard InChI is InChI=1S/C34H32FN3O5S2/c1-19(2)13-14-42-25-9-6-8-21(17-25)29-28(30(39)22-11-12-27-24(16-22)15-20(3)43-27)31(40)32(41)38(29)33-36-37-34(45-33)44-18-23-7-4-5-10-26(23)35/h4-12,16-17,19-20,29,39H,13-15,18H2,1-3H3/b30-28+/t20-,29+/m0/s1. The lowest BCUT2D eigenvalue weighted by atomic mass is 9.94. The molecule has 4 aromatic rings. The predicted octanol–water partition coefficient (Wildman–Crippen LogP) is 7.34. The summed E-state index contributed by atoms with van der Waals surface area (Å²) in [5.41, 5.74) is 2.37. The fourth-order valence-electron chi connectivity index (χ4n) is 5.37. The number of rotatable bonds is 10. The second-order valence-corrected chi connectivity index (χ2v) is 13.6. The summed E-state index contributed by atoms with van der Waals surface area (Å²) >= 11 is 2.41. The van der Waals surface area contributed by atoms with Crippen molar-refractivity contribution in [3.8, 4) is 11.5 Å². The third kappa shape index (κ3) is 6.46. The van der Waals surface area contributed by atoms with Crippen LogP contribution in [0.25, 0.3) is 5.76 Å². The summed E-state index contributed by atoms with van der Waals surface area (Å²) in [5.74, 6) is -0.158. The third-order valence-electron chi connectivity index (χ3n) is 7.66. The molecule has 11 heteroatoms. The van der Waals surface area contributed by atoms with Gasteiger partial charge in [-0.15, -0.1) is 10.2 Å². The van der Waals surface area contributed by atoms with Crippen LogP contribution in [0.3, 0.4) is 0 Å². The van der Waals surface area contributed by atoms with Gasteiger partial charge in [0.05, 0.1) is 18.2 Å². The number of carbonyl (C=O) groups excluding carboxylic acids is 2. The molecule has 0 unspecified atom stereocenters. The Morgan fingerprint density at radius 3 is 2.76 bits per heavy atom. The molecule has 2 aliphatic rings. The summed E-state index contributed by atoms with van der Waals surface area (Å²) in [6.07, 6.45) is 1.54. The number of benzene rings is 3. The Hall–Kier alpha value is -4.22. The number of hydrogen-bond donors (Lipinski definition) is 1. The molecular formula is C34H32FN3O5S2. The zero-order chi connectivity index (χ0) is 31.7. The largest absolute Gasteiger partial charge is 0.507 e. The Kier molecular flexibility index (Phi) is 8.91. The van der Waals surface area contributed by atoms with E-state index in [9.17, 15) is 19.1 Å². The first-order chi connectivity index (χ1) is 21.7. The monoisotopic (exact) mass is 645 g/mol. The first-order valence-corrected chi connectivity index (χ1v) is 16.5.